The number of halogens is 2. The monoisotopic (exact) mass is 294 g/mol. The summed E-state index contributed by atoms with van der Waals surface area (Å²) in [6, 6.07) is 1.96. The fourth-order valence-corrected chi connectivity index (χ4v) is 2.73. The van der Waals surface area contributed by atoms with Gasteiger partial charge in [-0.3, -0.25) is 0 Å². The molecule has 1 aromatic rings. The van der Waals surface area contributed by atoms with E-state index in [-0.39, 0.29) is 6.61 Å². The predicted octanol–water partition coefficient (Wildman–Crippen LogP) is 4.20. The molecule has 0 bridgehead atoms. The Bertz CT molecular complexity index is 324. The Morgan fingerprint density at radius 1 is 1.71 bits per heavy atom. The summed E-state index contributed by atoms with van der Waals surface area (Å²) in [6.07, 6.45) is 1.99. The molecule has 14 heavy (non-hydrogen) atoms. The Kier molecular flexibility index (Phi) is 4.64. The Labute approximate surface area is 102 Å². The summed E-state index contributed by atoms with van der Waals surface area (Å²) in [5.74, 6) is 0.361. The molecule has 0 amide bonds. The molecular formula is C10H12BrClOS. The van der Waals surface area contributed by atoms with Gasteiger partial charge in [-0.2, -0.15) is 0 Å². The Balaban J connectivity index is 2.94. The van der Waals surface area contributed by atoms with Gasteiger partial charge in [-0.1, -0.05) is 25.4 Å². The summed E-state index contributed by atoms with van der Waals surface area (Å²) in [4.78, 5) is 1.07. The van der Waals surface area contributed by atoms with Gasteiger partial charge in [-0.05, 0) is 39.6 Å². The van der Waals surface area contributed by atoms with Crippen LogP contribution in [0.5, 0.6) is 0 Å². The molecule has 0 radical (unpaired) electrons. The summed E-state index contributed by atoms with van der Waals surface area (Å²) in [5.41, 5.74) is 1.02. The van der Waals surface area contributed by atoms with Crippen LogP contribution < -0.4 is 0 Å². The lowest BCUT2D eigenvalue weighted by molar-refractivity contribution is 0.320. The van der Waals surface area contributed by atoms with E-state index >= 15 is 0 Å². The van der Waals surface area contributed by atoms with Crippen molar-refractivity contribution in [1.82, 2.24) is 0 Å². The Morgan fingerprint density at radius 3 is 2.71 bits per heavy atom. The van der Waals surface area contributed by atoms with Gasteiger partial charge in [-0.15, -0.1) is 11.3 Å². The van der Waals surface area contributed by atoms with E-state index < -0.39 is 0 Å². The normalized spacial score (nSPS) is 12.6. The summed E-state index contributed by atoms with van der Waals surface area (Å²) in [7, 11) is 0. The van der Waals surface area contributed by atoms with E-state index in [9.17, 15) is 0 Å². The van der Waals surface area contributed by atoms with Gasteiger partial charge < -0.3 is 5.11 Å². The molecule has 4 heteroatoms. The van der Waals surface area contributed by atoms with E-state index in [0.717, 1.165) is 19.3 Å². The highest BCUT2D eigenvalue weighted by molar-refractivity contribution is 9.10. The van der Waals surface area contributed by atoms with Gasteiger partial charge in [0.1, 0.15) is 4.34 Å². The van der Waals surface area contributed by atoms with Crippen LogP contribution in [0.1, 0.15) is 18.7 Å². The third kappa shape index (κ3) is 3.09. The molecule has 0 saturated carbocycles. The fraction of sp³-hybridized carbons (Fsp3) is 0.400. The number of hydrogen-bond acceptors (Lipinski definition) is 2. The minimum atomic E-state index is 0.102. The maximum absolute atomic E-state index is 9.13. The summed E-state index contributed by atoms with van der Waals surface area (Å²) in [5, 5.41) is 9.13. The zero-order chi connectivity index (χ0) is 10.7. The third-order valence-corrected chi connectivity index (χ3v) is 4.34. The lowest BCUT2D eigenvalue weighted by Crippen LogP contribution is -1.98. The Morgan fingerprint density at radius 2 is 2.36 bits per heavy atom. The molecule has 1 heterocycles. The largest absolute Gasteiger partial charge is 0.392 e. The second kappa shape index (κ2) is 5.31. The molecule has 0 aromatic carbocycles. The molecule has 1 aromatic heterocycles. The molecule has 78 valence electrons. The van der Waals surface area contributed by atoms with Crippen molar-refractivity contribution in [3.8, 4) is 0 Å². The predicted molar refractivity (Wildman–Crippen MR) is 66.9 cm³/mol. The number of aliphatic hydroxyl groups excluding tert-OH is 1. The average molecular weight is 296 g/mol. The summed E-state index contributed by atoms with van der Waals surface area (Å²) < 4.78 is 1.66. The highest BCUT2D eigenvalue weighted by Crippen LogP contribution is 2.33. The molecule has 0 fully saturated rings. The number of rotatable bonds is 3. The topological polar surface area (TPSA) is 20.2 Å². The van der Waals surface area contributed by atoms with Crippen molar-refractivity contribution in [3.05, 3.63) is 25.3 Å². The molecule has 0 aliphatic heterocycles. The minimum Gasteiger partial charge on any atom is -0.392 e. The maximum Gasteiger partial charge on any atom is 0.108 e. The van der Waals surface area contributed by atoms with Gasteiger partial charge in [0.15, 0.2) is 0 Å². The lowest BCUT2D eigenvalue weighted by Gasteiger charge is -2.06. The van der Waals surface area contributed by atoms with E-state index in [2.05, 4.69) is 29.8 Å². The molecule has 0 saturated heterocycles. The number of aliphatic hydroxyl groups is 1. The Hall–Kier alpha value is 0.170. The first-order chi connectivity index (χ1) is 6.54. The molecule has 0 atom stereocenters. The molecule has 1 rings (SSSR count). The van der Waals surface area contributed by atoms with Crippen LogP contribution in [0.3, 0.4) is 0 Å². The van der Waals surface area contributed by atoms with Crippen LogP contribution in [0, 0.1) is 5.92 Å². The van der Waals surface area contributed by atoms with Crippen LogP contribution in [-0.2, 0) is 0 Å². The summed E-state index contributed by atoms with van der Waals surface area (Å²) in [6.45, 7) is 4.23. The van der Waals surface area contributed by atoms with Crippen LogP contribution in [0.4, 0.5) is 0 Å². The lowest BCUT2D eigenvalue weighted by atomic mass is 10.0. The van der Waals surface area contributed by atoms with E-state index in [0.29, 0.717) is 5.92 Å². The first-order valence-electron chi connectivity index (χ1n) is 4.30. The zero-order valence-corrected chi connectivity index (χ0v) is 11.2. The van der Waals surface area contributed by atoms with Crippen LogP contribution in [0.25, 0.3) is 6.08 Å². The van der Waals surface area contributed by atoms with Crippen molar-refractivity contribution in [2.24, 2.45) is 5.92 Å². The first-order valence-corrected chi connectivity index (χ1v) is 6.29. The van der Waals surface area contributed by atoms with Gasteiger partial charge in [0.2, 0.25) is 0 Å². The van der Waals surface area contributed by atoms with E-state index in [1.165, 1.54) is 11.3 Å². The molecular weight excluding hydrogens is 284 g/mol. The van der Waals surface area contributed by atoms with Crippen LogP contribution in [-0.4, -0.2) is 11.7 Å². The van der Waals surface area contributed by atoms with Gasteiger partial charge in [0.25, 0.3) is 0 Å². The van der Waals surface area contributed by atoms with Crippen LogP contribution in [0.2, 0.25) is 4.34 Å². The minimum absolute atomic E-state index is 0.102. The van der Waals surface area contributed by atoms with Crippen molar-refractivity contribution < 1.29 is 5.11 Å². The van der Waals surface area contributed by atoms with Crippen LogP contribution >= 0.6 is 38.9 Å². The van der Waals surface area contributed by atoms with Gasteiger partial charge in [0.05, 0.1) is 6.61 Å². The van der Waals surface area contributed by atoms with Crippen LogP contribution in [0.15, 0.2) is 16.1 Å². The van der Waals surface area contributed by atoms with E-state index in [1.807, 2.05) is 12.1 Å². The molecule has 0 aliphatic carbocycles. The number of thiophene rings is 1. The smallest absolute Gasteiger partial charge is 0.108 e. The maximum atomic E-state index is 9.13. The van der Waals surface area contributed by atoms with Gasteiger partial charge in [0, 0.05) is 9.35 Å². The van der Waals surface area contributed by atoms with Crippen molar-refractivity contribution >= 4 is 44.9 Å². The third-order valence-electron chi connectivity index (χ3n) is 1.92. The van der Waals surface area contributed by atoms with E-state index in [1.54, 1.807) is 0 Å². The first kappa shape index (κ1) is 12.2. The second-order valence-corrected chi connectivity index (χ2v) is 5.84. The zero-order valence-electron chi connectivity index (χ0n) is 8.05. The SMILES string of the molecule is CC(C)C(=Cc1cc(Br)c(Cl)s1)CO. The van der Waals surface area contributed by atoms with Crippen molar-refractivity contribution in [1.29, 1.82) is 0 Å². The summed E-state index contributed by atoms with van der Waals surface area (Å²) >= 11 is 10.8. The van der Waals surface area contributed by atoms with Crippen molar-refractivity contribution in [2.75, 3.05) is 6.61 Å². The van der Waals surface area contributed by atoms with Gasteiger partial charge in [-0.25, -0.2) is 0 Å². The van der Waals surface area contributed by atoms with Crippen molar-refractivity contribution in [3.63, 3.8) is 0 Å². The molecule has 0 aliphatic rings. The standard InChI is InChI=1S/C10H12BrClOS/c1-6(2)7(5-13)3-8-4-9(11)10(12)14-8/h3-4,6,13H,5H2,1-2H3. The second-order valence-electron chi connectivity index (χ2n) is 3.30. The number of hydrogen-bond donors (Lipinski definition) is 1. The average Bonchev–Trinajstić information content (AvgIpc) is 2.41. The van der Waals surface area contributed by atoms with Gasteiger partial charge >= 0.3 is 0 Å². The quantitative estimate of drug-likeness (QED) is 0.886. The molecule has 1 nitrogen and oxygen atoms in total. The molecule has 1 N–H and O–H groups in total. The molecule has 0 unspecified atom stereocenters. The van der Waals surface area contributed by atoms with E-state index in [4.69, 9.17) is 16.7 Å². The highest BCUT2D eigenvalue weighted by Gasteiger charge is 2.05. The molecule has 0 spiro atoms. The van der Waals surface area contributed by atoms with Crippen molar-refractivity contribution in [2.45, 2.75) is 13.8 Å². The fourth-order valence-electron chi connectivity index (χ4n) is 1.01. The highest BCUT2D eigenvalue weighted by atomic mass is 79.9.